The van der Waals surface area contributed by atoms with Crippen molar-refractivity contribution in [2.45, 2.75) is 38.4 Å². The first kappa shape index (κ1) is 20.1. The minimum absolute atomic E-state index is 0.0867. The van der Waals surface area contributed by atoms with Gasteiger partial charge in [0.25, 0.3) is 5.56 Å². The summed E-state index contributed by atoms with van der Waals surface area (Å²) in [6.07, 6.45) is 1.09. The van der Waals surface area contributed by atoms with Gasteiger partial charge in [-0.05, 0) is 31.0 Å². The number of hydrogen-bond acceptors (Lipinski definition) is 4. The van der Waals surface area contributed by atoms with Crippen LogP contribution >= 0.6 is 0 Å². The Morgan fingerprint density at radius 3 is 2.67 bits per heavy atom. The third-order valence-electron chi connectivity index (χ3n) is 5.88. The van der Waals surface area contributed by atoms with E-state index in [-0.39, 0.29) is 24.9 Å². The van der Waals surface area contributed by atoms with Crippen LogP contribution in [0.3, 0.4) is 0 Å². The number of rotatable bonds is 6. The zero-order valence-electron chi connectivity index (χ0n) is 17.0. The van der Waals surface area contributed by atoms with Crippen molar-refractivity contribution in [1.29, 1.82) is 0 Å². The van der Waals surface area contributed by atoms with Crippen molar-refractivity contribution in [1.82, 2.24) is 19.8 Å². The number of nitrogens with zero attached hydrogens (tertiary/aromatic N) is 2. The minimum Gasteiger partial charge on any atom is -0.352 e. The van der Waals surface area contributed by atoms with Crippen molar-refractivity contribution in [3.8, 4) is 0 Å². The number of aromatic amines is 1. The Bertz CT molecular complexity index is 1150. The van der Waals surface area contributed by atoms with Crippen LogP contribution in [-0.2, 0) is 11.3 Å². The van der Waals surface area contributed by atoms with Crippen molar-refractivity contribution >= 4 is 16.8 Å². The highest BCUT2D eigenvalue weighted by Crippen LogP contribution is 2.24. The maximum Gasteiger partial charge on any atom is 0.328 e. The molecule has 2 aromatic carbocycles. The van der Waals surface area contributed by atoms with Crippen LogP contribution in [0.1, 0.15) is 31.4 Å². The summed E-state index contributed by atoms with van der Waals surface area (Å²) in [4.78, 5) is 41.4. The van der Waals surface area contributed by atoms with Crippen LogP contribution in [0, 0.1) is 0 Å². The van der Waals surface area contributed by atoms with Gasteiger partial charge in [0.15, 0.2) is 0 Å². The van der Waals surface area contributed by atoms with Crippen molar-refractivity contribution in [2.24, 2.45) is 0 Å². The second kappa shape index (κ2) is 8.67. The highest BCUT2D eigenvalue weighted by molar-refractivity contribution is 5.79. The molecule has 7 heteroatoms. The van der Waals surface area contributed by atoms with Crippen LogP contribution < -0.4 is 16.6 Å². The van der Waals surface area contributed by atoms with E-state index >= 15 is 0 Å². The van der Waals surface area contributed by atoms with Crippen molar-refractivity contribution in [2.75, 3.05) is 13.1 Å². The smallest absolute Gasteiger partial charge is 0.328 e. The minimum atomic E-state index is -0.491. The molecule has 30 heavy (non-hydrogen) atoms. The van der Waals surface area contributed by atoms with Gasteiger partial charge in [0.1, 0.15) is 0 Å². The quantitative estimate of drug-likeness (QED) is 0.656. The maximum atomic E-state index is 12.5. The van der Waals surface area contributed by atoms with Gasteiger partial charge in [-0.25, -0.2) is 4.79 Å². The molecule has 0 spiro atoms. The van der Waals surface area contributed by atoms with Crippen molar-refractivity contribution in [3.63, 3.8) is 0 Å². The molecule has 4 rings (SSSR count). The van der Waals surface area contributed by atoms with Crippen LogP contribution in [0.2, 0.25) is 0 Å². The molecule has 0 aliphatic carbocycles. The molecule has 2 heterocycles. The topological polar surface area (TPSA) is 87.2 Å². The van der Waals surface area contributed by atoms with E-state index in [0.29, 0.717) is 16.9 Å². The molecule has 1 amide bonds. The lowest BCUT2D eigenvalue weighted by atomic mass is 10.1. The lowest BCUT2D eigenvalue weighted by Crippen LogP contribution is -2.38. The molecule has 1 aliphatic rings. The number of amides is 1. The third-order valence-corrected chi connectivity index (χ3v) is 5.88. The first-order chi connectivity index (χ1) is 14.5. The van der Waals surface area contributed by atoms with Gasteiger partial charge in [-0.15, -0.1) is 0 Å². The number of carbonyl (C=O) groups is 1. The molecule has 7 nitrogen and oxygen atoms in total. The maximum absolute atomic E-state index is 12.5. The van der Waals surface area contributed by atoms with E-state index in [1.54, 1.807) is 24.3 Å². The van der Waals surface area contributed by atoms with E-state index in [9.17, 15) is 14.4 Å². The fourth-order valence-corrected chi connectivity index (χ4v) is 4.18. The van der Waals surface area contributed by atoms with E-state index < -0.39 is 11.2 Å². The number of nitrogens with one attached hydrogen (secondary N) is 2. The highest BCUT2D eigenvalue weighted by Gasteiger charge is 2.27. The third kappa shape index (κ3) is 4.21. The lowest BCUT2D eigenvalue weighted by molar-refractivity contribution is -0.121. The predicted molar refractivity (Wildman–Crippen MR) is 116 cm³/mol. The number of para-hydroxylation sites is 1. The van der Waals surface area contributed by atoms with Gasteiger partial charge >= 0.3 is 5.69 Å². The average molecular weight is 406 g/mol. The number of likely N-dealkylation sites (tertiary alicyclic amines) is 1. The summed E-state index contributed by atoms with van der Waals surface area (Å²) in [6, 6.07) is 17.7. The number of benzene rings is 2. The number of fused-ring (bicyclic) bond motifs is 1. The zero-order valence-corrected chi connectivity index (χ0v) is 17.0. The van der Waals surface area contributed by atoms with E-state index in [2.05, 4.69) is 34.3 Å². The summed E-state index contributed by atoms with van der Waals surface area (Å²) >= 11 is 0. The Balaban J connectivity index is 1.36. The molecule has 1 saturated heterocycles. The molecule has 1 aromatic heterocycles. The van der Waals surface area contributed by atoms with E-state index in [4.69, 9.17) is 0 Å². The summed E-state index contributed by atoms with van der Waals surface area (Å²) < 4.78 is 1.45. The molecule has 0 unspecified atom stereocenters. The van der Waals surface area contributed by atoms with Gasteiger partial charge in [0.05, 0.1) is 10.9 Å². The Morgan fingerprint density at radius 2 is 1.87 bits per heavy atom. The van der Waals surface area contributed by atoms with Crippen LogP contribution in [0.5, 0.6) is 0 Å². The van der Waals surface area contributed by atoms with Gasteiger partial charge in [0.2, 0.25) is 5.91 Å². The van der Waals surface area contributed by atoms with Crippen LogP contribution in [0.25, 0.3) is 10.9 Å². The van der Waals surface area contributed by atoms with Gasteiger partial charge < -0.3 is 5.32 Å². The van der Waals surface area contributed by atoms with Crippen molar-refractivity contribution in [3.05, 3.63) is 81.0 Å². The molecule has 0 bridgehead atoms. The van der Waals surface area contributed by atoms with Crippen LogP contribution in [-0.4, -0.2) is 39.5 Å². The Hall–Kier alpha value is -3.19. The predicted octanol–water partition coefficient (Wildman–Crippen LogP) is 2.03. The monoisotopic (exact) mass is 406 g/mol. The van der Waals surface area contributed by atoms with E-state index in [0.717, 1.165) is 19.5 Å². The van der Waals surface area contributed by atoms with Gasteiger partial charge in [-0.2, -0.15) is 0 Å². The summed E-state index contributed by atoms with van der Waals surface area (Å²) in [5.74, 6) is -0.0867. The first-order valence-corrected chi connectivity index (χ1v) is 10.3. The SMILES string of the molecule is C[C@@H](c1ccccc1)N1CC[C@@H](NC(=O)CCn2c(=O)[nH]c(=O)c3ccccc32)C1. The highest BCUT2D eigenvalue weighted by atomic mass is 16.2. The summed E-state index contributed by atoms with van der Waals surface area (Å²) in [5, 5.41) is 3.54. The Morgan fingerprint density at radius 1 is 1.13 bits per heavy atom. The first-order valence-electron chi connectivity index (χ1n) is 10.3. The lowest BCUT2D eigenvalue weighted by Gasteiger charge is -2.24. The standard InChI is InChI=1S/C23H26N4O3/c1-16(17-7-3-2-4-8-17)26-13-11-18(15-26)24-21(28)12-14-27-20-10-6-5-9-19(20)22(29)25-23(27)30/h2-10,16,18H,11-15H2,1H3,(H,24,28)(H,25,29,30)/t16-,18+/m0/s1. The second-order valence-corrected chi connectivity index (χ2v) is 7.81. The van der Waals surface area contributed by atoms with Crippen LogP contribution in [0.4, 0.5) is 0 Å². The summed E-state index contributed by atoms with van der Waals surface area (Å²) in [5.41, 5.74) is 0.918. The Kier molecular flexibility index (Phi) is 5.81. The van der Waals surface area contributed by atoms with Gasteiger partial charge in [-0.1, -0.05) is 42.5 Å². The fourth-order valence-electron chi connectivity index (χ4n) is 4.18. The molecule has 1 fully saturated rings. The molecular formula is C23H26N4O3. The van der Waals surface area contributed by atoms with E-state index in [1.165, 1.54) is 10.1 Å². The number of aromatic nitrogens is 2. The molecular weight excluding hydrogens is 380 g/mol. The molecule has 156 valence electrons. The molecule has 2 atom stereocenters. The normalized spacial score (nSPS) is 17.8. The van der Waals surface area contributed by atoms with Crippen molar-refractivity contribution < 1.29 is 4.79 Å². The molecule has 3 aromatic rings. The molecule has 2 N–H and O–H groups in total. The second-order valence-electron chi connectivity index (χ2n) is 7.81. The number of hydrogen-bond donors (Lipinski definition) is 2. The zero-order chi connectivity index (χ0) is 21.1. The Labute approximate surface area is 174 Å². The molecule has 0 saturated carbocycles. The van der Waals surface area contributed by atoms with Crippen LogP contribution in [0.15, 0.2) is 64.2 Å². The molecule has 1 aliphatic heterocycles. The van der Waals surface area contributed by atoms with Gasteiger partial charge in [0, 0.05) is 38.1 Å². The molecule has 0 radical (unpaired) electrons. The summed E-state index contributed by atoms with van der Waals surface area (Å²) in [7, 11) is 0. The average Bonchev–Trinajstić information content (AvgIpc) is 3.22. The van der Waals surface area contributed by atoms with E-state index in [1.807, 2.05) is 18.2 Å². The number of aryl methyl sites for hydroxylation is 1. The summed E-state index contributed by atoms with van der Waals surface area (Å²) in [6.45, 7) is 4.15. The number of carbonyl (C=O) groups excluding carboxylic acids is 1. The largest absolute Gasteiger partial charge is 0.352 e. The van der Waals surface area contributed by atoms with Gasteiger partial charge in [-0.3, -0.25) is 24.0 Å². The fraction of sp³-hybridized carbons (Fsp3) is 0.348. The number of H-pyrrole nitrogens is 1.